The molecule has 1 N–H and O–H groups in total. The molecule has 0 aliphatic rings. The molecule has 4 rings (SSSR count). The molecule has 0 unspecified atom stereocenters. The van der Waals surface area contributed by atoms with Crippen LogP contribution < -0.4 is 10.2 Å². The van der Waals surface area contributed by atoms with Gasteiger partial charge in [0, 0.05) is 15.7 Å². The van der Waals surface area contributed by atoms with Gasteiger partial charge in [0.2, 0.25) is 0 Å². The van der Waals surface area contributed by atoms with Gasteiger partial charge in [-0.3, -0.25) is 9.36 Å². The molecule has 4 aromatic rings. The average molecular weight is 579 g/mol. The quantitative estimate of drug-likeness (QED) is 0.152. The summed E-state index contributed by atoms with van der Waals surface area (Å²) in [6.07, 6.45) is 1.61. The normalized spacial score (nSPS) is 11.6. The maximum Gasteiger partial charge on any atom is 0.250 e. The molecular formula is C28H28BrN5O2S. The third kappa shape index (κ3) is 6.87. The average Bonchev–Trinajstić information content (AvgIpc) is 3.32. The summed E-state index contributed by atoms with van der Waals surface area (Å²) in [5.74, 6) is 1.35. The van der Waals surface area contributed by atoms with E-state index in [1.165, 1.54) is 17.3 Å². The number of nitrogens with zero attached hydrogens (tertiary/aromatic N) is 4. The highest BCUT2D eigenvalue weighted by Crippen LogP contribution is 2.30. The summed E-state index contributed by atoms with van der Waals surface area (Å²) < 4.78 is 8.25. The van der Waals surface area contributed by atoms with Gasteiger partial charge in [0.15, 0.2) is 11.0 Å². The summed E-state index contributed by atoms with van der Waals surface area (Å²) in [5, 5.41) is 13.6. The number of ether oxygens (including phenoxy) is 1. The first kappa shape index (κ1) is 26.6. The maximum atomic E-state index is 12.5. The Morgan fingerprint density at radius 2 is 1.70 bits per heavy atom. The van der Waals surface area contributed by atoms with Gasteiger partial charge in [-0.2, -0.15) is 5.10 Å². The van der Waals surface area contributed by atoms with Gasteiger partial charge in [-0.1, -0.05) is 84.9 Å². The van der Waals surface area contributed by atoms with E-state index >= 15 is 0 Å². The van der Waals surface area contributed by atoms with Crippen molar-refractivity contribution in [2.24, 2.45) is 5.10 Å². The lowest BCUT2D eigenvalue weighted by molar-refractivity contribution is -0.118. The zero-order valence-electron chi connectivity index (χ0n) is 21.1. The van der Waals surface area contributed by atoms with E-state index in [4.69, 9.17) is 4.74 Å². The predicted molar refractivity (Wildman–Crippen MR) is 153 cm³/mol. The smallest absolute Gasteiger partial charge is 0.250 e. The second-order valence-electron chi connectivity index (χ2n) is 9.30. The van der Waals surface area contributed by atoms with Crippen molar-refractivity contribution in [2.45, 2.75) is 31.3 Å². The number of hydrogen-bond donors (Lipinski definition) is 1. The second-order valence-corrected chi connectivity index (χ2v) is 11.2. The van der Waals surface area contributed by atoms with Crippen LogP contribution in [0.3, 0.4) is 0 Å². The molecule has 0 saturated carbocycles. The lowest BCUT2D eigenvalue weighted by Crippen LogP contribution is -2.20. The van der Waals surface area contributed by atoms with Crippen molar-refractivity contribution < 1.29 is 9.53 Å². The van der Waals surface area contributed by atoms with Gasteiger partial charge in [-0.15, -0.1) is 10.2 Å². The highest BCUT2D eigenvalue weighted by Gasteiger charge is 2.19. The Kier molecular flexibility index (Phi) is 8.45. The molecule has 9 heteroatoms. The number of carbonyl (C=O) groups is 1. The summed E-state index contributed by atoms with van der Waals surface area (Å²) in [6, 6.07) is 23.7. The highest BCUT2D eigenvalue weighted by atomic mass is 79.9. The van der Waals surface area contributed by atoms with Crippen LogP contribution in [0.15, 0.2) is 87.5 Å². The third-order valence-corrected chi connectivity index (χ3v) is 7.04. The topological polar surface area (TPSA) is 81.4 Å². The van der Waals surface area contributed by atoms with Gasteiger partial charge in [0.25, 0.3) is 5.91 Å². The number of aromatic nitrogens is 3. The van der Waals surface area contributed by atoms with Crippen LogP contribution >= 0.6 is 27.7 Å². The largest absolute Gasteiger partial charge is 0.497 e. The number of hydrogen-bond acceptors (Lipinski definition) is 6. The number of nitrogens with one attached hydrogen (secondary N) is 1. The maximum absolute atomic E-state index is 12.5. The minimum atomic E-state index is -0.237. The Morgan fingerprint density at radius 3 is 2.32 bits per heavy atom. The van der Waals surface area contributed by atoms with Crippen molar-refractivity contribution >= 4 is 39.8 Å². The van der Waals surface area contributed by atoms with Crippen molar-refractivity contribution in [2.75, 3.05) is 12.9 Å². The van der Waals surface area contributed by atoms with E-state index in [1.54, 1.807) is 13.3 Å². The van der Waals surface area contributed by atoms with Crippen LogP contribution in [-0.2, 0) is 10.2 Å². The van der Waals surface area contributed by atoms with E-state index in [-0.39, 0.29) is 17.1 Å². The summed E-state index contributed by atoms with van der Waals surface area (Å²) >= 11 is 4.70. The first-order valence-corrected chi connectivity index (χ1v) is 13.4. The standard InChI is InChI=1S/C28H28BrN5O2S/c1-28(2,3)21-9-7-20(8-10-21)26-32-33-27(34(26)23-13-15-24(36-4)16-14-23)37-18-25(35)31-30-17-19-5-11-22(29)12-6-19/h5-17H,18H2,1-4H3,(H,31,35)/b30-17-. The number of methoxy groups -OCH3 is 1. The summed E-state index contributed by atoms with van der Waals surface area (Å²) in [6.45, 7) is 6.56. The van der Waals surface area contributed by atoms with Crippen LogP contribution in [0.4, 0.5) is 0 Å². The molecule has 0 spiro atoms. The predicted octanol–water partition coefficient (Wildman–Crippen LogP) is 6.25. The van der Waals surface area contributed by atoms with Gasteiger partial charge in [0.1, 0.15) is 5.75 Å². The Morgan fingerprint density at radius 1 is 1.03 bits per heavy atom. The van der Waals surface area contributed by atoms with E-state index in [9.17, 15) is 4.79 Å². The Balaban J connectivity index is 1.54. The fourth-order valence-electron chi connectivity index (χ4n) is 3.52. The number of rotatable bonds is 8. The molecule has 0 atom stereocenters. The third-order valence-electron chi connectivity index (χ3n) is 5.58. The molecule has 37 heavy (non-hydrogen) atoms. The van der Waals surface area contributed by atoms with Crippen LogP contribution in [0.5, 0.6) is 5.75 Å². The van der Waals surface area contributed by atoms with Crippen molar-refractivity contribution in [1.82, 2.24) is 20.2 Å². The Labute approximate surface area is 229 Å². The lowest BCUT2D eigenvalue weighted by Gasteiger charge is -2.19. The van der Waals surface area contributed by atoms with E-state index in [2.05, 4.69) is 81.7 Å². The van der Waals surface area contributed by atoms with Gasteiger partial charge >= 0.3 is 0 Å². The van der Waals surface area contributed by atoms with E-state index < -0.39 is 0 Å². The molecule has 0 bridgehead atoms. The van der Waals surface area contributed by atoms with Crippen LogP contribution in [-0.4, -0.2) is 39.7 Å². The van der Waals surface area contributed by atoms with Gasteiger partial charge in [0.05, 0.1) is 19.1 Å². The first-order valence-electron chi connectivity index (χ1n) is 11.7. The highest BCUT2D eigenvalue weighted by molar-refractivity contribution is 9.10. The number of benzene rings is 3. The van der Waals surface area contributed by atoms with Crippen molar-refractivity contribution in [3.05, 3.63) is 88.4 Å². The molecule has 0 aliphatic carbocycles. The number of thioether (sulfide) groups is 1. The summed E-state index contributed by atoms with van der Waals surface area (Å²) in [7, 11) is 1.63. The lowest BCUT2D eigenvalue weighted by atomic mass is 9.87. The Hall–Kier alpha value is -3.43. The van der Waals surface area contributed by atoms with E-state index in [1.807, 2.05) is 53.1 Å². The minimum Gasteiger partial charge on any atom is -0.497 e. The van der Waals surface area contributed by atoms with Gasteiger partial charge in [-0.25, -0.2) is 5.43 Å². The fraction of sp³-hybridized carbons (Fsp3) is 0.214. The number of carbonyl (C=O) groups excluding carboxylic acids is 1. The molecule has 1 amide bonds. The van der Waals surface area contributed by atoms with E-state index in [0.29, 0.717) is 11.0 Å². The van der Waals surface area contributed by atoms with Crippen molar-refractivity contribution in [1.29, 1.82) is 0 Å². The van der Waals surface area contributed by atoms with Crippen LogP contribution in [0.1, 0.15) is 31.9 Å². The zero-order valence-corrected chi connectivity index (χ0v) is 23.5. The number of halogens is 1. The molecule has 1 heterocycles. The Bertz CT molecular complexity index is 1380. The number of hydrazone groups is 1. The minimum absolute atomic E-state index is 0.0520. The molecule has 1 aromatic heterocycles. The molecule has 0 aliphatic heterocycles. The first-order chi connectivity index (χ1) is 17.7. The summed E-state index contributed by atoms with van der Waals surface area (Å²) in [5.41, 5.74) is 6.56. The zero-order chi connectivity index (χ0) is 26.4. The molecule has 0 fully saturated rings. The van der Waals surface area contributed by atoms with E-state index in [0.717, 1.165) is 27.0 Å². The molecule has 190 valence electrons. The monoisotopic (exact) mass is 577 g/mol. The van der Waals surface area contributed by atoms with Crippen LogP contribution in [0.25, 0.3) is 17.1 Å². The second kappa shape index (κ2) is 11.7. The van der Waals surface area contributed by atoms with Gasteiger partial charge in [-0.05, 0) is 52.9 Å². The van der Waals surface area contributed by atoms with Crippen molar-refractivity contribution in [3.8, 4) is 22.8 Å². The van der Waals surface area contributed by atoms with Crippen molar-refractivity contribution in [3.63, 3.8) is 0 Å². The fourth-order valence-corrected chi connectivity index (χ4v) is 4.53. The molecule has 7 nitrogen and oxygen atoms in total. The van der Waals surface area contributed by atoms with Crippen LogP contribution in [0.2, 0.25) is 0 Å². The molecule has 0 saturated heterocycles. The molecule has 3 aromatic carbocycles. The number of amides is 1. The van der Waals surface area contributed by atoms with Gasteiger partial charge < -0.3 is 4.74 Å². The SMILES string of the molecule is COc1ccc(-n2c(SCC(=O)N/N=C\c3ccc(Br)cc3)nnc2-c2ccc(C(C)(C)C)cc2)cc1. The molecular weight excluding hydrogens is 550 g/mol. The molecule has 0 radical (unpaired) electrons. The van der Waals surface area contributed by atoms with Crippen LogP contribution in [0, 0.1) is 0 Å². The summed E-state index contributed by atoms with van der Waals surface area (Å²) in [4.78, 5) is 12.5.